The molecule has 2 aromatic heterocycles. The molecule has 1 atom stereocenters. The quantitative estimate of drug-likeness (QED) is 0.603. The minimum Gasteiger partial charge on any atom is -0.463 e. The number of fused-ring (bicyclic) bond motifs is 1. The van der Waals surface area contributed by atoms with Gasteiger partial charge in [-0.25, -0.2) is 0 Å². The first kappa shape index (κ1) is 18.0. The third-order valence-corrected chi connectivity index (χ3v) is 5.21. The first-order chi connectivity index (χ1) is 13.1. The van der Waals surface area contributed by atoms with Crippen LogP contribution >= 0.6 is 15.9 Å². The predicted molar refractivity (Wildman–Crippen MR) is 101 cm³/mol. The molecule has 140 valence electrons. The molecule has 0 radical (unpaired) electrons. The van der Waals surface area contributed by atoms with Gasteiger partial charge in [0, 0.05) is 24.3 Å². The van der Waals surface area contributed by atoms with Gasteiger partial charge in [0.2, 0.25) is 0 Å². The van der Waals surface area contributed by atoms with E-state index in [1.807, 2.05) is 30.3 Å². The number of ether oxygens (including phenoxy) is 2. The summed E-state index contributed by atoms with van der Waals surface area (Å²) in [5.41, 5.74) is 2.85. The lowest BCUT2D eigenvalue weighted by Gasteiger charge is -2.29. The molecule has 0 saturated carbocycles. The monoisotopic (exact) mass is 431 g/mol. The number of nitrogens with one attached hydrogen (secondary N) is 1. The second-order valence-electron chi connectivity index (χ2n) is 6.15. The van der Waals surface area contributed by atoms with Gasteiger partial charge in [0.15, 0.2) is 17.7 Å². The summed E-state index contributed by atoms with van der Waals surface area (Å²) in [6.45, 7) is 0.278. The molecule has 0 saturated heterocycles. The fourth-order valence-corrected chi connectivity index (χ4v) is 3.65. The minimum absolute atomic E-state index is 0.175. The van der Waals surface area contributed by atoms with Crippen LogP contribution in [-0.2, 0) is 9.47 Å². The number of nitrogens with zero attached hydrogens (tertiary/aromatic N) is 2. The number of carbonyl (C=O) groups excluding carboxylic acids is 1. The average Bonchev–Trinajstić information content (AvgIpc) is 3.39. The molecule has 1 aromatic carbocycles. The number of aromatic amines is 1. The highest BCUT2D eigenvalue weighted by atomic mass is 79.9. The average molecular weight is 432 g/mol. The van der Waals surface area contributed by atoms with Crippen molar-refractivity contribution in [1.82, 2.24) is 15.1 Å². The zero-order chi connectivity index (χ0) is 19.0. The van der Waals surface area contributed by atoms with Crippen molar-refractivity contribution in [2.75, 3.05) is 20.8 Å². The van der Waals surface area contributed by atoms with Gasteiger partial charge in [0.05, 0.1) is 18.8 Å². The number of hydrogen-bond acceptors (Lipinski definition) is 5. The fraction of sp³-hybridized carbons (Fsp3) is 0.263. The number of amides is 1. The Bertz CT molecular complexity index is 933. The van der Waals surface area contributed by atoms with Crippen molar-refractivity contribution in [3.05, 3.63) is 64.0 Å². The maximum atomic E-state index is 13.1. The molecule has 0 fully saturated rings. The molecule has 3 aromatic rings. The number of H-pyrrole nitrogens is 1. The smallest absolute Gasteiger partial charge is 0.275 e. The summed E-state index contributed by atoms with van der Waals surface area (Å²) in [7, 11) is 3.10. The molecule has 0 spiro atoms. The van der Waals surface area contributed by atoms with E-state index >= 15 is 0 Å². The molecule has 1 aliphatic rings. The van der Waals surface area contributed by atoms with Crippen LogP contribution in [0.25, 0.3) is 11.5 Å². The van der Waals surface area contributed by atoms with E-state index in [0.29, 0.717) is 17.1 Å². The highest BCUT2D eigenvalue weighted by molar-refractivity contribution is 9.10. The van der Waals surface area contributed by atoms with Crippen LogP contribution in [-0.4, -0.2) is 48.1 Å². The van der Waals surface area contributed by atoms with Crippen molar-refractivity contribution < 1.29 is 18.7 Å². The molecular formula is C19H18BrN3O4. The van der Waals surface area contributed by atoms with E-state index in [4.69, 9.17) is 13.9 Å². The van der Waals surface area contributed by atoms with Crippen molar-refractivity contribution in [2.24, 2.45) is 0 Å². The first-order valence-corrected chi connectivity index (χ1v) is 9.17. The highest BCUT2D eigenvalue weighted by Gasteiger charge is 2.43. The molecule has 1 amide bonds. The van der Waals surface area contributed by atoms with Gasteiger partial charge in [0.25, 0.3) is 5.91 Å². The van der Waals surface area contributed by atoms with Crippen molar-refractivity contribution in [3.63, 3.8) is 0 Å². The molecular weight excluding hydrogens is 414 g/mol. The van der Waals surface area contributed by atoms with E-state index in [2.05, 4.69) is 26.1 Å². The van der Waals surface area contributed by atoms with Crippen LogP contribution in [0.1, 0.15) is 27.7 Å². The SMILES string of the molecule is COC(CN1C(=O)c2n[nH]c(-c3ccco3)c2C1c1ccc(Br)cc1)OC. The van der Waals surface area contributed by atoms with E-state index in [0.717, 1.165) is 15.6 Å². The van der Waals surface area contributed by atoms with Crippen LogP contribution < -0.4 is 0 Å². The normalized spacial score (nSPS) is 16.4. The number of halogens is 1. The number of rotatable bonds is 6. The molecule has 0 bridgehead atoms. The Labute approximate surface area is 164 Å². The Morgan fingerprint density at radius 1 is 1.26 bits per heavy atom. The summed E-state index contributed by atoms with van der Waals surface area (Å²) < 4.78 is 17.1. The molecule has 4 rings (SSSR count). The number of methoxy groups -OCH3 is 2. The van der Waals surface area contributed by atoms with Crippen molar-refractivity contribution >= 4 is 21.8 Å². The lowest BCUT2D eigenvalue weighted by atomic mass is 9.98. The van der Waals surface area contributed by atoms with Crippen molar-refractivity contribution in [2.45, 2.75) is 12.3 Å². The molecule has 1 aliphatic heterocycles. The van der Waals surface area contributed by atoms with Crippen molar-refractivity contribution in [3.8, 4) is 11.5 Å². The second-order valence-corrected chi connectivity index (χ2v) is 7.07. The lowest BCUT2D eigenvalue weighted by molar-refractivity contribution is -0.113. The van der Waals surface area contributed by atoms with Crippen LogP contribution in [0.3, 0.4) is 0 Å². The van der Waals surface area contributed by atoms with Gasteiger partial charge in [-0.2, -0.15) is 5.10 Å². The number of carbonyl (C=O) groups is 1. The third kappa shape index (κ3) is 3.09. The van der Waals surface area contributed by atoms with Crippen molar-refractivity contribution in [1.29, 1.82) is 0 Å². The summed E-state index contributed by atoms with van der Waals surface area (Å²) >= 11 is 3.46. The Morgan fingerprint density at radius 3 is 2.63 bits per heavy atom. The summed E-state index contributed by atoms with van der Waals surface area (Å²) in [6, 6.07) is 11.2. The van der Waals surface area contributed by atoms with Gasteiger partial charge in [-0.3, -0.25) is 9.89 Å². The van der Waals surface area contributed by atoms with E-state index in [1.54, 1.807) is 31.4 Å². The maximum absolute atomic E-state index is 13.1. The van der Waals surface area contributed by atoms with Crippen LogP contribution in [0.15, 0.2) is 51.6 Å². The second kappa shape index (κ2) is 7.30. The standard InChI is InChI=1S/C19H18BrN3O4/c1-25-14(26-2)10-23-18(11-5-7-12(20)8-6-11)15-16(13-4-3-9-27-13)21-22-17(15)19(23)24/h3-9,14,18H,10H2,1-2H3,(H,21,22). The number of furan rings is 1. The van der Waals surface area contributed by atoms with Crippen LogP contribution in [0.4, 0.5) is 0 Å². The van der Waals surface area contributed by atoms with Gasteiger partial charge in [-0.1, -0.05) is 28.1 Å². The maximum Gasteiger partial charge on any atom is 0.275 e. The summed E-state index contributed by atoms with van der Waals surface area (Å²) in [6.07, 6.45) is 1.06. The zero-order valence-corrected chi connectivity index (χ0v) is 16.4. The van der Waals surface area contributed by atoms with E-state index in [1.165, 1.54) is 0 Å². The Balaban J connectivity index is 1.83. The fourth-order valence-electron chi connectivity index (χ4n) is 3.38. The molecule has 1 unspecified atom stereocenters. The molecule has 7 nitrogen and oxygen atoms in total. The van der Waals surface area contributed by atoms with Gasteiger partial charge in [0.1, 0.15) is 5.69 Å². The van der Waals surface area contributed by atoms with Gasteiger partial charge >= 0.3 is 0 Å². The minimum atomic E-state index is -0.535. The zero-order valence-electron chi connectivity index (χ0n) is 14.8. The summed E-state index contributed by atoms with van der Waals surface area (Å²) in [5, 5.41) is 7.23. The molecule has 8 heteroatoms. The molecule has 1 N–H and O–H groups in total. The van der Waals surface area contributed by atoms with Gasteiger partial charge in [-0.05, 0) is 29.8 Å². The summed E-state index contributed by atoms with van der Waals surface area (Å²) in [5.74, 6) is 0.460. The van der Waals surface area contributed by atoms with Gasteiger partial charge in [-0.15, -0.1) is 0 Å². The van der Waals surface area contributed by atoms with Crippen LogP contribution in [0, 0.1) is 0 Å². The predicted octanol–water partition coefficient (Wildman–Crippen LogP) is 3.60. The Hall–Kier alpha value is -2.42. The summed E-state index contributed by atoms with van der Waals surface area (Å²) in [4.78, 5) is 14.8. The molecule has 0 aliphatic carbocycles. The van der Waals surface area contributed by atoms with E-state index in [-0.39, 0.29) is 18.5 Å². The number of hydrogen-bond donors (Lipinski definition) is 1. The topological polar surface area (TPSA) is 80.6 Å². The highest BCUT2D eigenvalue weighted by Crippen LogP contribution is 2.43. The molecule has 3 heterocycles. The number of benzene rings is 1. The number of aromatic nitrogens is 2. The van der Waals surface area contributed by atoms with Gasteiger partial charge < -0.3 is 18.8 Å². The van der Waals surface area contributed by atoms with Crippen LogP contribution in [0.5, 0.6) is 0 Å². The lowest BCUT2D eigenvalue weighted by Crippen LogP contribution is -2.38. The Kier molecular flexibility index (Phi) is 4.86. The van der Waals surface area contributed by atoms with E-state index in [9.17, 15) is 4.79 Å². The largest absolute Gasteiger partial charge is 0.463 e. The first-order valence-electron chi connectivity index (χ1n) is 8.38. The van der Waals surface area contributed by atoms with E-state index < -0.39 is 6.29 Å². The van der Waals surface area contributed by atoms with Crippen LogP contribution in [0.2, 0.25) is 0 Å². The molecule has 27 heavy (non-hydrogen) atoms. The third-order valence-electron chi connectivity index (χ3n) is 4.68. The Morgan fingerprint density at radius 2 is 2.00 bits per heavy atom.